The van der Waals surface area contributed by atoms with Gasteiger partial charge in [-0.25, -0.2) is 14.4 Å². The molecule has 0 N–H and O–H groups in total. The number of carbonyl (C=O) groups is 2. The van der Waals surface area contributed by atoms with Gasteiger partial charge in [-0.15, -0.1) is 84.6 Å². The summed E-state index contributed by atoms with van der Waals surface area (Å²) >= 11 is 28.1. The highest BCUT2D eigenvalue weighted by Gasteiger charge is 2.38. The van der Waals surface area contributed by atoms with Crippen molar-refractivity contribution in [2.24, 2.45) is 0 Å². The number of nitrogens with zero attached hydrogens (tertiary/aromatic N) is 8. The minimum absolute atomic E-state index is 0. The summed E-state index contributed by atoms with van der Waals surface area (Å²) in [5.41, 5.74) is 3.62. The Labute approximate surface area is 369 Å². The number of amides is 2. The van der Waals surface area contributed by atoms with Gasteiger partial charge >= 0.3 is 0 Å². The highest BCUT2D eigenvalue weighted by molar-refractivity contribution is 9.10. The molecule has 2 amide bonds. The van der Waals surface area contributed by atoms with Gasteiger partial charge in [0.1, 0.15) is 0 Å². The maximum absolute atomic E-state index is 14.1. The summed E-state index contributed by atoms with van der Waals surface area (Å²) in [6.07, 6.45) is 3.50. The van der Waals surface area contributed by atoms with E-state index >= 15 is 0 Å². The van der Waals surface area contributed by atoms with Gasteiger partial charge in [0.2, 0.25) is 0 Å². The Morgan fingerprint density at radius 1 is 0.604 bits per heavy atom. The minimum atomic E-state index is -0.461. The third-order valence-corrected chi connectivity index (χ3v) is 9.80. The molecule has 21 heteroatoms. The number of rotatable bonds is 9. The van der Waals surface area contributed by atoms with Crippen molar-refractivity contribution in [3.05, 3.63) is 137 Å². The van der Waals surface area contributed by atoms with Crippen molar-refractivity contribution in [3.8, 4) is 0 Å². The van der Waals surface area contributed by atoms with Crippen molar-refractivity contribution in [2.45, 2.75) is 26.2 Å². The van der Waals surface area contributed by atoms with Crippen LogP contribution in [-0.2, 0) is 26.2 Å². The molecule has 0 saturated carbocycles. The Balaban J connectivity index is 0.00000234. The van der Waals surface area contributed by atoms with Crippen molar-refractivity contribution in [3.63, 3.8) is 0 Å². The molecule has 53 heavy (non-hydrogen) atoms. The number of hydrogen-bond acceptors (Lipinski definition) is 7. The lowest BCUT2D eigenvalue weighted by atomic mass is 9.95. The first kappa shape index (κ1) is 48.9. The van der Waals surface area contributed by atoms with Gasteiger partial charge < -0.3 is 0 Å². The number of hydrogen-bond donors (Lipinski definition) is 0. The molecule has 1 aliphatic heterocycles. The zero-order valence-corrected chi connectivity index (χ0v) is 36.1. The summed E-state index contributed by atoms with van der Waals surface area (Å²) in [6, 6.07) is 19.6. The van der Waals surface area contributed by atoms with Crippen LogP contribution in [-0.4, -0.2) is 51.8 Å². The van der Waals surface area contributed by atoms with Crippen molar-refractivity contribution < 1.29 is 9.59 Å². The number of halogens is 11. The molecule has 0 unspecified atom stereocenters. The fourth-order valence-corrected chi connectivity index (χ4v) is 6.61. The fourth-order valence-electron chi connectivity index (χ4n) is 5.50. The van der Waals surface area contributed by atoms with E-state index in [0.717, 1.165) is 26.0 Å². The van der Waals surface area contributed by atoms with Crippen LogP contribution in [0.1, 0.15) is 43.2 Å². The van der Waals surface area contributed by atoms with Crippen LogP contribution in [0.4, 0.5) is 0 Å². The predicted molar refractivity (Wildman–Crippen MR) is 226 cm³/mol. The summed E-state index contributed by atoms with van der Waals surface area (Å²) < 4.78 is 4.09. The molecule has 0 bridgehead atoms. The standard InChI is InChI=1S/C32H21BrCl4N8O2.6ClH/c33-25-7-6-24-30-22(25)2-1-3-23(30)31(46)45(32(24)47)44(16-20-14-42(40-38-20)12-18-4-8-26(34)28(36)10-18)17-21-15-43(41-39-21)13-19-5-9-27(35)29(37)11-19;;;;;;/h1-11,14-15H,12-13,16-17H2;6*1H. The first-order chi connectivity index (χ1) is 22.6. The largest absolute Gasteiger partial charge is 0.276 e. The smallest absolute Gasteiger partial charge is 0.267 e. The maximum atomic E-state index is 14.1. The normalized spacial score (nSPS) is 11.5. The molecule has 3 heterocycles. The molecule has 4 aromatic carbocycles. The van der Waals surface area contributed by atoms with Crippen LogP contribution < -0.4 is 0 Å². The molecule has 0 fully saturated rings. The van der Waals surface area contributed by atoms with Gasteiger partial charge in [-0.1, -0.05) is 97.0 Å². The molecule has 0 aliphatic carbocycles. The van der Waals surface area contributed by atoms with Crippen molar-refractivity contribution >= 4 is 159 Å². The highest BCUT2D eigenvalue weighted by Crippen LogP contribution is 2.35. The second kappa shape index (κ2) is 20.7. The average molecular weight is 990 g/mol. The predicted octanol–water partition coefficient (Wildman–Crippen LogP) is 10.2. The zero-order valence-electron chi connectivity index (χ0n) is 26.6. The molecule has 0 atom stereocenters. The molecule has 2 aromatic heterocycles. The van der Waals surface area contributed by atoms with E-state index in [-0.39, 0.29) is 87.5 Å². The average Bonchev–Trinajstić information content (AvgIpc) is 3.69. The highest BCUT2D eigenvalue weighted by atomic mass is 79.9. The lowest BCUT2D eigenvalue weighted by Crippen LogP contribution is -2.51. The van der Waals surface area contributed by atoms with E-state index in [1.165, 1.54) is 0 Å². The number of hydrazine groups is 1. The fraction of sp³-hybridized carbons (Fsp3) is 0.125. The molecule has 7 rings (SSSR count). The van der Waals surface area contributed by atoms with Gasteiger partial charge in [0.15, 0.2) is 0 Å². The van der Waals surface area contributed by atoms with Gasteiger partial charge in [-0.3, -0.25) is 9.59 Å². The Morgan fingerprint density at radius 2 is 1.08 bits per heavy atom. The Kier molecular flexibility index (Phi) is 19.1. The van der Waals surface area contributed by atoms with Crippen LogP contribution >= 0.6 is 137 Å². The van der Waals surface area contributed by atoms with Crippen molar-refractivity contribution in [2.75, 3.05) is 0 Å². The Bertz CT molecular complexity index is 2100. The van der Waals surface area contributed by atoms with E-state index in [1.54, 1.807) is 75.3 Å². The van der Waals surface area contributed by atoms with E-state index in [0.29, 0.717) is 61.1 Å². The minimum Gasteiger partial charge on any atom is -0.267 e. The van der Waals surface area contributed by atoms with Crippen molar-refractivity contribution in [1.82, 2.24) is 40.0 Å². The van der Waals surface area contributed by atoms with E-state index < -0.39 is 11.8 Å². The van der Waals surface area contributed by atoms with E-state index in [4.69, 9.17) is 46.4 Å². The van der Waals surface area contributed by atoms with Crippen LogP contribution in [0.3, 0.4) is 0 Å². The van der Waals surface area contributed by atoms with Crippen LogP contribution in [0, 0.1) is 0 Å². The molecule has 0 radical (unpaired) electrons. The molecule has 6 aromatic rings. The van der Waals surface area contributed by atoms with Crippen LogP contribution in [0.25, 0.3) is 10.8 Å². The van der Waals surface area contributed by atoms with Gasteiger partial charge in [-0.2, -0.15) is 5.01 Å². The number of aromatic nitrogens is 6. The summed E-state index contributed by atoms with van der Waals surface area (Å²) in [7, 11) is 0. The first-order valence-electron chi connectivity index (χ1n) is 14.2. The van der Waals surface area contributed by atoms with Gasteiger partial charge in [0, 0.05) is 9.86 Å². The Hall–Kier alpha value is -2.10. The van der Waals surface area contributed by atoms with Crippen LogP contribution in [0.5, 0.6) is 0 Å². The third kappa shape index (κ3) is 10.4. The van der Waals surface area contributed by atoms with Crippen LogP contribution in [0.15, 0.2) is 83.6 Å². The third-order valence-electron chi connectivity index (χ3n) is 7.63. The molecule has 284 valence electrons. The molecule has 0 saturated heterocycles. The Morgan fingerprint density at radius 3 is 1.55 bits per heavy atom. The van der Waals surface area contributed by atoms with Crippen molar-refractivity contribution in [1.29, 1.82) is 0 Å². The van der Waals surface area contributed by atoms with E-state index in [2.05, 4.69) is 36.6 Å². The molecule has 1 aliphatic rings. The SMILES string of the molecule is Cl.Cl.Cl.Cl.Cl.Cl.O=C1c2cccc3c(Br)ccc(c23)C(=O)N1N(Cc1cn(Cc2ccc(Cl)c(Cl)c2)nn1)Cc1cn(Cc2ccc(Cl)c(Cl)c2)nn1. The molecular formula is C32H27BrCl10N8O2. The second-order valence-corrected chi connectivity index (χ2v) is 13.4. The summed E-state index contributed by atoms with van der Waals surface area (Å²) in [5.74, 6) is -0.921. The maximum Gasteiger partial charge on any atom is 0.276 e. The summed E-state index contributed by atoms with van der Waals surface area (Å²) in [4.78, 5) is 28.2. The van der Waals surface area contributed by atoms with E-state index in [9.17, 15) is 9.59 Å². The molecule has 10 nitrogen and oxygen atoms in total. The summed E-state index contributed by atoms with van der Waals surface area (Å²) in [6.45, 7) is 0.915. The van der Waals surface area contributed by atoms with Gasteiger partial charge in [0.25, 0.3) is 11.8 Å². The quantitative estimate of drug-likeness (QED) is 0.133. The summed E-state index contributed by atoms with van der Waals surface area (Å²) in [5, 5.41) is 23.2. The van der Waals surface area contributed by atoms with Gasteiger partial charge in [-0.05, 0) is 59.0 Å². The number of imide groups is 1. The van der Waals surface area contributed by atoms with Gasteiger partial charge in [0.05, 0.1) is 81.2 Å². The topological polar surface area (TPSA) is 102 Å². The lowest BCUT2D eigenvalue weighted by Gasteiger charge is -2.35. The first-order valence-corrected chi connectivity index (χ1v) is 16.5. The molecule has 0 spiro atoms. The number of carbonyl (C=O) groups excluding carboxylic acids is 2. The number of benzene rings is 4. The second-order valence-electron chi connectivity index (χ2n) is 10.9. The van der Waals surface area contributed by atoms with E-state index in [1.807, 2.05) is 18.2 Å². The zero-order chi connectivity index (χ0) is 32.8. The lowest BCUT2D eigenvalue weighted by molar-refractivity contribution is -0.0130. The van der Waals surface area contributed by atoms with Crippen LogP contribution in [0.2, 0.25) is 20.1 Å². The molecular weight excluding hydrogens is 963 g/mol. The monoisotopic (exact) mass is 984 g/mol.